The molecule has 0 fully saturated rings. The fraction of sp³-hybridized carbons (Fsp3) is 0.500. The fourth-order valence-corrected chi connectivity index (χ4v) is 1.72. The highest BCUT2D eigenvalue weighted by Gasteiger charge is 2.31. The SMILES string of the molecule is CCCN(CCN)c1ccc(C(F)(F)F)cc1F. The standard InChI is InChI=1S/C12H16F4N2/c1-2-6-18(7-5-17)11-4-3-9(8-10(11)13)12(14,15)16/h3-4,8H,2,5-7,17H2,1H3. The van der Waals surface area contributed by atoms with Crippen molar-refractivity contribution in [1.29, 1.82) is 0 Å². The van der Waals surface area contributed by atoms with Crippen LogP contribution in [-0.2, 0) is 6.18 Å². The molecule has 0 radical (unpaired) electrons. The largest absolute Gasteiger partial charge is 0.416 e. The lowest BCUT2D eigenvalue weighted by atomic mass is 10.1. The molecule has 2 nitrogen and oxygen atoms in total. The Labute approximate surface area is 103 Å². The van der Waals surface area contributed by atoms with E-state index in [-0.39, 0.29) is 5.69 Å². The second kappa shape index (κ2) is 6.04. The zero-order valence-electron chi connectivity index (χ0n) is 10.1. The summed E-state index contributed by atoms with van der Waals surface area (Å²) < 4.78 is 50.9. The quantitative estimate of drug-likeness (QED) is 0.828. The van der Waals surface area contributed by atoms with Crippen LogP contribution < -0.4 is 10.6 Å². The first-order valence-electron chi connectivity index (χ1n) is 5.72. The zero-order chi connectivity index (χ0) is 13.8. The van der Waals surface area contributed by atoms with Crippen molar-refractivity contribution in [2.45, 2.75) is 19.5 Å². The number of hydrogen-bond acceptors (Lipinski definition) is 2. The van der Waals surface area contributed by atoms with Gasteiger partial charge in [-0.15, -0.1) is 0 Å². The molecule has 0 bridgehead atoms. The van der Waals surface area contributed by atoms with Crippen molar-refractivity contribution in [2.24, 2.45) is 5.73 Å². The second-order valence-electron chi connectivity index (χ2n) is 3.94. The Morgan fingerprint density at radius 2 is 1.89 bits per heavy atom. The summed E-state index contributed by atoms with van der Waals surface area (Å²) in [6.07, 6.45) is -3.76. The highest BCUT2D eigenvalue weighted by molar-refractivity contribution is 5.49. The van der Waals surface area contributed by atoms with E-state index in [0.717, 1.165) is 18.6 Å². The van der Waals surface area contributed by atoms with Gasteiger partial charge in [0.25, 0.3) is 0 Å². The van der Waals surface area contributed by atoms with E-state index in [1.54, 1.807) is 4.90 Å². The van der Waals surface area contributed by atoms with Gasteiger partial charge in [0.15, 0.2) is 0 Å². The Kier molecular flexibility index (Phi) is 4.95. The maximum atomic E-state index is 13.7. The summed E-state index contributed by atoms with van der Waals surface area (Å²) in [5.74, 6) is -0.869. The van der Waals surface area contributed by atoms with Crippen LogP contribution in [0.1, 0.15) is 18.9 Å². The van der Waals surface area contributed by atoms with Crippen molar-refractivity contribution < 1.29 is 17.6 Å². The number of nitrogens with two attached hydrogens (primary N) is 1. The van der Waals surface area contributed by atoms with Gasteiger partial charge < -0.3 is 10.6 Å². The third kappa shape index (κ3) is 3.60. The fourth-order valence-electron chi connectivity index (χ4n) is 1.72. The van der Waals surface area contributed by atoms with E-state index in [0.29, 0.717) is 25.7 Å². The zero-order valence-corrected chi connectivity index (χ0v) is 10.1. The Morgan fingerprint density at radius 3 is 2.33 bits per heavy atom. The molecule has 1 aromatic rings. The molecule has 0 unspecified atom stereocenters. The molecule has 0 aliphatic carbocycles. The lowest BCUT2D eigenvalue weighted by molar-refractivity contribution is -0.137. The average molecular weight is 264 g/mol. The van der Waals surface area contributed by atoms with Crippen molar-refractivity contribution in [3.63, 3.8) is 0 Å². The van der Waals surface area contributed by atoms with Gasteiger partial charge >= 0.3 is 6.18 Å². The minimum absolute atomic E-state index is 0.162. The minimum atomic E-state index is -4.52. The third-order valence-electron chi connectivity index (χ3n) is 2.51. The van der Waals surface area contributed by atoms with Crippen LogP contribution in [-0.4, -0.2) is 19.6 Å². The molecule has 0 aliphatic rings. The molecule has 0 saturated carbocycles. The summed E-state index contributed by atoms with van der Waals surface area (Å²) in [4.78, 5) is 1.65. The number of benzene rings is 1. The first kappa shape index (κ1) is 14.8. The van der Waals surface area contributed by atoms with Gasteiger partial charge in [0, 0.05) is 19.6 Å². The van der Waals surface area contributed by atoms with Gasteiger partial charge in [0.2, 0.25) is 0 Å². The van der Waals surface area contributed by atoms with Gasteiger partial charge in [-0.05, 0) is 24.6 Å². The van der Waals surface area contributed by atoms with E-state index in [1.165, 1.54) is 0 Å². The summed E-state index contributed by atoms with van der Waals surface area (Å²) in [6.45, 7) is 3.20. The highest BCUT2D eigenvalue weighted by Crippen LogP contribution is 2.32. The molecule has 2 N–H and O–H groups in total. The molecule has 102 valence electrons. The summed E-state index contributed by atoms with van der Waals surface area (Å²) >= 11 is 0. The monoisotopic (exact) mass is 264 g/mol. The lowest BCUT2D eigenvalue weighted by Gasteiger charge is -2.24. The number of alkyl halides is 3. The maximum Gasteiger partial charge on any atom is 0.416 e. The van der Waals surface area contributed by atoms with Crippen LogP contribution in [0.5, 0.6) is 0 Å². The van der Waals surface area contributed by atoms with Crippen LogP contribution in [0.4, 0.5) is 23.2 Å². The Morgan fingerprint density at radius 1 is 1.22 bits per heavy atom. The van der Waals surface area contributed by atoms with E-state index < -0.39 is 17.6 Å². The highest BCUT2D eigenvalue weighted by atomic mass is 19.4. The van der Waals surface area contributed by atoms with Crippen molar-refractivity contribution in [3.05, 3.63) is 29.6 Å². The van der Waals surface area contributed by atoms with E-state index in [2.05, 4.69) is 0 Å². The Balaban J connectivity index is 3.03. The predicted molar refractivity (Wildman–Crippen MR) is 63.0 cm³/mol. The van der Waals surface area contributed by atoms with Gasteiger partial charge in [-0.1, -0.05) is 6.92 Å². The number of rotatable bonds is 5. The van der Waals surface area contributed by atoms with Crippen LogP contribution >= 0.6 is 0 Å². The topological polar surface area (TPSA) is 29.3 Å². The first-order chi connectivity index (χ1) is 8.40. The Bertz CT molecular complexity index is 384. The molecule has 6 heteroatoms. The third-order valence-corrected chi connectivity index (χ3v) is 2.51. The van der Waals surface area contributed by atoms with Crippen LogP contribution in [0.3, 0.4) is 0 Å². The predicted octanol–water partition coefficient (Wildman–Crippen LogP) is 3.02. The van der Waals surface area contributed by atoms with Gasteiger partial charge in [0.05, 0.1) is 11.3 Å². The normalized spacial score (nSPS) is 11.7. The number of halogens is 4. The van der Waals surface area contributed by atoms with Crippen molar-refractivity contribution in [1.82, 2.24) is 0 Å². The molecule has 18 heavy (non-hydrogen) atoms. The molecule has 0 spiro atoms. The van der Waals surface area contributed by atoms with Crippen LogP contribution in [0.2, 0.25) is 0 Å². The van der Waals surface area contributed by atoms with Crippen LogP contribution in [0, 0.1) is 5.82 Å². The van der Waals surface area contributed by atoms with E-state index in [1.807, 2.05) is 6.92 Å². The number of hydrogen-bond donors (Lipinski definition) is 1. The molecule has 0 aromatic heterocycles. The average Bonchev–Trinajstić information content (AvgIpc) is 2.27. The summed E-state index contributed by atoms with van der Waals surface area (Å²) in [7, 11) is 0. The molecule has 1 aromatic carbocycles. The number of anilines is 1. The summed E-state index contributed by atoms with van der Waals surface area (Å²) in [6, 6.07) is 2.57. The van der Waals surface area contributed by atoms with E-state index >= 15 is 0 Å². The summed E-state index contributed by atoms with van der Waals surface area (Å²) in [5.41, 5.74) is 4.59. The number of nitrogens with zero attached hydrogens (tertiary/aromatic N) is 1. The van der Waals surface area contributed by atoms with Gasteiger partial charge in [0.1, 0.15) is 5.82 Å². The van der Waals surface area contributed by atoms with Crippen molar-refractivity contribution in [3.8, 4) is 0 Å². The summed E-state index contributed by atoms with van der Waals surface area (Å²) in [5, 5.41) is 0. The van der Waals surface area contributed by atoms with E-state index in [4.69, 9.17) is 5.73 Å². The second-order valence-corrected chi connectivity index (χ2v) is 3.94. The molecule has 0 heterocycles. The van der Waals surface area contributed by atoms with Crippen LogP contribution in [0.15, 0.2) is 18.2 Å². The lowest BCUT2D eigenvalue weighted by Crippen LogP contribution is -2.30. The van der Waals surface area contributed by atoms with Crippen molar-refractivity contribution >= 4 is 5.69 Å². The van der Waals surface area contributed by atoms with Crippen molar-refractivity contribution in [2.75, 3.05) is 24.5 Å². The molecule has 1 rings (SSSR count). The van der Waals surface area contributed by atoms with Gasteiger partial charge in [-0.3, -0.25) is 0 Å². The molecule has 0 atom stereocenters. The van der Waals surface area contributed by atoms with Crippen LogP contribution in [0.25, 0.3) is 0 Å². The molecule has 0 aliphatic heterocycles. The van der Waals surface area contributed by atoms with Gasteiger partial charge in [-0.25, -0.2) is 4.39 Å². The maximum absolute atomic E-state index is 13.7. The van der Waals surface area contributed by atoms with E-state index in [9.17, 15) is 17.6 Å². The minimum Gasteiger partial charge on any atom is -0.368 e. The molecule has 0 amide bonds. The van der Waals surface area contributed by atoms with Gasteiger partial charge in [-0.2, -0.15) is 13.2 Å². The smallest absolute Gasteiger partial charge is 0.368 e. The molecular formula is C12H16F4N2. The molecule has 0 saturated heterocycles. The first-order valence-corrected chi connectivity index (χ1v) is 5.72. The Hall–Kier alpha value is -1.30. The molecular weight excluding hydrogens is 248 g/mol.